The van der Waals surface area contributed by atoms with Crippen molar-refractivity contribution < 1.29 is 9.26 Å². The zero-order valence-corrected chi connectivity index (χ0v) is 10.4. The summed E-state index contributed by atoms with van der Waals surface area (Å²) in [5, 5.41) is 7.16. The number of hydrogen-bond acceptors (Lipinski definition) is 6. The first kappa shape index (κ1) is 12.9. The molecular formula is C10H20N4O2. The van der Waals surface area contributed by atoms with Crippen LogP contribution in [0.2, 0.25) is 0 Å². The molecule has 6 nitrogen and oxygen atoms in total. The predicted octanol–water partition coefficient (Wildman–Crippen LogP) is 0.303. The normalized spacial score (nSPS) is 12.8. The smallest absolute Gasteiger partial charge is 0.265 e. The van der Waals surface area contributed by atoms with Crippen LogP contribution < -0.4 is 10.2 Å². The second-order valence-corrected chi connectivity index (χ2v) is 3.80. The summed E-state index contributed by atoms with van der Waals surface area (Å²) in [6.07, 6.45) is 0.683. The molecule has 0 radical (unpaired) electrons. The second kappa shape index (κ2) is 6.44. The number of nitrogens with one attached hydrogen (secondary N) is 1. The lowest BCUT2D eigenvalue weighted by molar-refractivity contribution is 0.162. The van der Waals surface area contributed by atoms with E-state index in [-0.39, 0.29) is 6.04 Å². The number of ether oxygens (including phenoxy) is 1. The quantitative estimate of drug-likeness (QED) is 0.724. The van der Waals surface area contributed by atoms with E-state index in [0.717, 1.165) is 6.54 Å². The highest BCUT2D eigenvalue weighted by atomic mass is 16.5. The van der Waals surface area contributed by atoms with Crippen LogP contribution in [0, 0.1) is 0 Å². The van der Waals surface area contributed by atoms with Crippen LogP contribution in [0.3, 0.4) is 0 Å². The van der Waals surface area contributed by atoms with Crippen LogP contribution in [0.15, 0.2) is 4.52 Å². The van der Waals surface area contributed by atoms with Crippen LogP contribution in [-0.2, 0) is 11.2 Å². The van der Waals surface area contributed by atoms with E-state index in [2.05, 4.69) is 22.4 Å². The Hall–Kier alpha value is -1.14. The molecule has 6 heteroatoms. The van der Waals surface area contributed by atoms with Gasteiger partial charge in [-0.1, -0.05) is 6.92 Å². The summed E-state index contributed by atoms with van der Waals surface area (Å²) in [5.41, 5.74) is 0. The van der Waals surface area contributed by atoms with Crippen LogP contribution in [0.5, 0.6) is 0 Å². The third-order valence-corrected chi connectivity index (χ3v) is 2.14. The molecule has 16 heavy (non-hydrogen) atoms. The van der Waals surface area contributed by atoms with Crippen molar-refractivity contribution in [3.8, 4) is 0 Å². The van der Waals surface area contributed by atoms with Crippen molar-refractivity contribution in [2.45, 2.75) is 19.4 Å². The van der Waals surface area contributed by atoms with Crippen LogP contribution in [-0.4, -0.2) is 50.5 Å². The average Bonchev–Trinajstić information content (AvgIpc) is 2.67. The molecule has 0 spiro atoms. The highest BCUT2D eigenvalue weighted by Crippen LogP contribution is 2.07. The Morgan fingerprint density at radius 2 is 2.25 bits per heavy atom. The van der Waals surface area contributed by atoms with Crippen molar-refractivity contribution in [2.75, 3.05) is 39.3 Å². The predicted molar refractivity (Wildman–Crippen MR) is 61.7 cm³/mol. The maximum absolute atomic E-state index is 5.15. The Balaban J connectivity index is 2.55. The van der Waals surface area contributed by atoms with Gasteiger partial charge in [-0.2, -0.15) is 4.98 Å². The fourth-order valence-corrected chi connectivity index (χ4v) is 1.40. The number of hydrogen-bond donors (Lipinski definition) is 1. The van der Waals surface area contributed by atoms with Crippen LogP contribution in [0.4, 0.5) is 5.95 Å². The first-order valence-corrected chi connectivity index (χ1v) is 5.39. The van der Waals surface area contributed by atoms with Gasteiger partial charge in [-0.3, -0.25) is 0 Å². The third-order valence-electron chi connectivity index (χ3n) is 2.14. The molecule has 0 amide bonds. The Morgan fingerprint density at radius 3 is 2.75 bits per heavy atom. The van der Waals surface area contributed by atoms with Gasteiger partial charge in [0.1, 0.15) is 0 Å². The zero-order chi connectivity index (χ0) is 12.0. The van der Waals surface area contributed by atoms with E-state index < -0.39 is 0 Å². The molecule has 0 aromatic carbocycles. The molecular weight excluding hydrogens is 208 g/mol. The van der Waals surface area contributed by atoms with Crippen molar-refractivity contribution in [1.29, 1.82) is 0 Å². The Kier molecular flexibility index (Phi) is 5.21. The lowest BCUT2D eigenvalue weighted by Gasteiger charge is -2.14. The Labute approximate surface area is 96.0 Å². The van der Waals surface area contributed by atoms with Gasteiger partial charge in [0.25, 0.3) is 5.95 Å². The summed E-state index contributed by atoms with van der Waals surface area (Å²) in [4.78, 5) is 6.08. The molecule has 0 aliphatic heterocycles. The van der Waals surface area contributed by atoms with Crippen LogP contribution in [0.1, 0.15) is 12.8 Å². The number of rotatable bonds is 7. The van der Waals surface area contributed by atoms with Crippen molar-refractivity contribution in [1.82, 2.24) is 15.5 Å². The maximum atomic E-state index is 5.15. The number of aromatic nitrogens is 2. The summed E-state index contributed by atoms with van der Waals surface area (Å²) >= 11 is 0. The largest absolute Gasteiger partial charge is 0.383 e. The minimum atomic E-state index is 0.213. The fourth-order valence-electron chi connectivity index (χ4n) is 1.40. The van der Waals surface area contributed by atoms with E-state index in [4.69, 9.17) is 9.26 Å². The molecule has 0 fully saturated rings. The molecule has 0 bridgehead atoms. The minimum Gasteiger partial charge on any atom is -0.383 e. The molecule has 0 aliphatic carbocycles. The molecule has 92 valence electrons. The molecule has 0 aliphatic rings. The second-order valence-electron chi connectivity index (χ2n) is 3.80. The highest BCUT2D eigenvalue weighted by molar-refractivity contribution is 5.23. The molecule has 1 heterocycles. The van der Waals surface area contributed by atoms with Crippen LogP contribution >= 0.6 is 0 Å². The molecule has 1 N–H and O–H groups in total. The van der Waals surface area contributed by atoms with Gasteiger partial charge in [0.2, 0.25) is 5.89 Å². The lowest BCUT2D eigenvalue weighted by atomic mass is 10.2. The maximum Gasteiger partial charge on any atom is 0.265 e. The third kappa shape index (κ3) is 3.79. The van der Waals surface area contributed by atoms with Crippen molar-refractivity contribution in [3.05, 3.63) is 5.89 Å². The van der Waals surface area contributed by atoms with E-state index in [1.54, 1.807) is 7.11 Å². The molecule has 1 atom stereocenters. The molecule has 1 aromatic rings. The summed E-state index contributed by atoms with van der Waals surface area (Å²) < 4.78 is 10.3. The summed E-state index contributed by atoms with van der Waals surface area (Å²) in [5.74, 6) is 1.23. The van der Waals surface area contributed by atoms with Gasteiger partial charge >= 0.3 is 0 Å². The van der Waals surface area contributed by atoms with E-state index in [1.807, 2.05) is 19.0 Å². The first-order chi connectivity index (χ1) is 7.67. The number of methoxy groups -OCH3 is 1. The zero-order valence-electron chi connectivity index (χ0n) is 10.4. The van der Waals surface area contributed by atoms with Gasteiger partial charge in [0.05, 0.1) is 6.61 Å². The van der Waals surface area contributed by atoms with Crippen molar-refractivity contribution in [3.63, 3.8) is 0 Å². The molecule has 0 saturated carbocycles. The Bertz CT molecular complexity index is 295. The number of anilines is 1. The van der Waals surface area contributed by atoms with Gasteiger partial charge in [0, 0.05) is 33.7 Å². The lowest BCUT2D eigenvalue weighted by Crippen LogP contribution is -2.35. The standard InChI is InChI=1S/C10H20N4O2/c1-5-11-8(7-15-4)6-9-12-10(13-16-9)14(2)3/h8,11H,5-7H2,1-4H3. The fraction of sp³-hybridized carbons (Fsp3) is 0.800. The monoisotopic (exact) mass is 228 g/mol. The highest BCUT2D eigenvalue weighted by Gasteiger charge is 2.14. The molecule has 1 unspecified atom stereocenters. The van der Waals surface area contributed by atoms with Gasteiger partial charge in [-0.05, 0) is 11.7 Å². The average molecular weight is 228 g/mol. The summed E-state index contributed by atoms with van der Waals surface area (Å²) in [7, 11) is 5.44. The first-order valence-electron chi connectivity index (χ1n) is 5.39. The van der Waals surface area contributed by atoms with E-state index in [0.29, 0.717) is 24.9 Å². The van der Waals surface area contributed by atoms with E-state index in [9.17, 15) is 0 Å². The van der Waals surface area contributed by atoms with Gasteiger partial charge in [0.15, 0.2) is 0 Å². The van der Waals surface area contributed by atoms with Gasteiger partial charge in [-0.15, -0.1) is 0 Å². The van der Waals surface area contributed by atoms with Crippen molar-refractivity contribution in [2.24, 2.45) is 0 Å². The van der Waals surface area contributed by atoms with Crippen LogP contribution in [0.25, 0.3) is 0 Å². The Morgan fingerprint density at radius 1 is 1.50 bits per heavy atom. The van der Waals surface area contributed by atoms with E-state index >= 15 is 0 Å². The number of likely N-dealkylation sites (N-methyl/N-ethyl adjacent to an activating group) is 1. The topological polar surface area (TPSA) is 63.4 Å². The van der Waals surface area contributed by atoms with Gasteiger partial charge in [-0.25, -0.2) is 0 Å². The van der Waals surface area contributed by atoms with E-state index in [1.165, 1.54) is 0 Å². The summed E-state index contributed by atoms with van der Waals surface area (Å²) in [6.45, 7) is 3.58. The van der Waals surface area contributed by atoms with Gasteiger partial charge < -0.3 is 19.5 Å². The molecule has 1 aromatic heterocycles. The summed E-state index contributed by atoms with van der Waals surface area (Å²) in [6, 6.07) is 0.213. The minimum absolute atomic E-state index is 0.213. The number of nitrogens with zero attached hydrogens (tertiary/aromatic N) is 3. The van der Waals surface area contributed by atoms with Crippen molar-refractivity contribution >= 4 is 5.95 Å². The molecule has 1 rings (SSSR count). The molecule has 0 saturated heterocycles. The SMILES string of the molecule is CCNC(COC)Cc1nc(N(C)C)no1.